The van der Waals surface area contributed by atoms with E-state index in [1.165, 1.54) is 0 Å². The summed E-state index contributed by atoms with van der Waals surface area (Å²) >= 11 is 6.21. The molecule has 28 heavy (non-hydrogen) atoms. The molecule has 0 aliphatic carbocycles. The summed E-state index contributed by atoms with van der Waals surface area (Å²) in [6.07, 6.45) is 3.13. The number of amides is 2. The second-order valence-electron chi connectivity index (χ2n) is 6.73. The van der Waals surface area contributed by atoms with E-state index in [-0.39, 0.29) is 11.8 Å². The summed E-state index contributed by atoms with van der Waals surface area (Å²) < 4.78 is 0. The van der Waals surface area contributed by atoms with Gasteiger partial charge < -0.3 is 15.5 Å². The molecule has 2 rings (SSSR count). The second kappa shape index (κ2) is 10.7. The fraction of sp³-hybridized carbons (Fsp3) is 0.364. The summed E-state index contributed by atoms with van der Waals surface area (Å²) in [6.45, 7) is 5.73. The number of carbonyl (C=O) groups is 2. The van der Waals surface area contributed by atoms with E-state index >= 15 is 0 Å². The van der Waals surface area contributed by atoms with E-state index in [9.17, 15) is 9.59 Å². The number of halogens is 1. The van der Waals surface area contributed by atoms with Gasteiger partial charge in [0.2, 0.25) is 0 Å². The summed E-state index contributed by atoms with van der Waals surface area (Å²) in [5.74, 6) is -0.436. The molecule has 2 aromatic rings. The monoisotopic (exact) mass is 401 g/mol. The normalized spacial score (nSPS) is 10.4. The molecule has 0 unspecified atom stereocenters. The molecular formula is C22H28ClN3O2. The summed E-state index contributed by atoms with van der Waals surface area (Å²) in [6, 6.07) is 12.4. The van der Waals surface area contributed by atoms with Crippen LogP contribution >= 0.6 is 11.6 Å². The maximum atomic E-state index is 12.5. The molecule has 0 atom stereocenters. The van der Waals surface area contributed by atoms with Crippen LogP contribution in [-0.2, 0) is 0 Å². The van der Waals surface area contributed by atoms with Gasteiger partial charge in [0.05, 0.1) is 10.6 Å². The molecule has 0 bridgehead atoms. The molecule has 0 fully saturated rings. The van der Waals surface area contributed by atoms with Crippen molar-refractivity contribution in [3.05, 3.63) is 58.6 Å². The third kappa shape index (κ3) is 5.99. The highest BCUT2D eigenvalue weighted by molar-refractivity contribution is 6.34. The van der Waals surface area contributed by atoms with E-state index < -0.39 is 0 Å². The number of nitrogens with zero attached hydrogens (tertiary/aromatic N) is 1. The quantitative estimate of drug-likeness (QED) is 0.623. The van der Waals surface area contributed by atoms with Gasteiger partial charge in [-0.2, -0.15) is 0 Å². The van der Waals surface area contributed by atoms with E-state index in [2.05, 4.69) is 22.5 Å². The Hall–Kier alpha value is -2.53. The minimum atomic E-state index is -0.220. The maximum Gasteiger partial charge on any atom is 0.255 e. The number of rotatable bonds is 9. The Balaban J connectivity index is 2.02. The molecule has 5 nitrogen and oxygen atoms in total. The van der Waals surface area contributed by atoms with Gasteiger partial charge in [0.1, 0.15) is 0 Å². The van der Waals surface area contributed by atoms with E-state index in [0.717, 1.165) is 31.5 Å². The lowest BCUT2D eigenvalue weighted by molar-refractivity contribution is 0.0953. The minimum Gasteiger partial charge on any atom is -0.375 e. The first kappa shape index (κ1) is 21.8. The van der Waals surface area contributed by atoms with Crippen LogP contribution in [0.25, 0.3) is 0 Å². The fourth-order valence-corrected chi connectivity index (χ4v) is 2.97. The average molecular weight is 402 g/mol. The lowest BCUT2D eigenvalue weighted by Crippen LogP contribution is -2.24. The van der Waals surface area contributed by atoms with Gasteiger partial charge >= 0.3 is 0 Å². The summed E-state index contributed by atoms with van der Waals surface area (Å²) in [5.41, 5.74) is 2.59. The van der Waals surface area contributed by atoms with Gasteiger partial charge in [-0.05, 0) is 55.3 Å². The summed E-state index contributed by atoms with van der Waals surface area (Å²) in [5, 5.41) is 5.92. The average Bonchev–Trinajstić information content (AvgIpc) is 2.70. The Morgan fingerprint density at radius 1 is 1.00 bits per heavy atom. The molecule has 2 N–H and O–H groups in total. The largest absolute Gasteiger partial charge is 0.375 e. The van der Waals surface area contributed by atoms with Gasteiger partial charge in [-0.1, -0.05) is 31.9 Å². The van der Waals surface area contributed by atoms with Crippen LogP contribution in [0.1, 0.15) is 53.8 Å². The number of anilines is 2. The molecule has 0 heterocycles. The Labute approximate surface area is 172 Å². The predicted molar refractivity (Wildman–Crippen MR) is 117 cm³/mol. The highest BCUT2D eigenvalue weighted by Crippen LogP contribution is 2.22. The molecule has 2 aromatic carbocycles. The van der Waals surface area contributed by atoms with Crippen LogP contribution in [0.4, 0.5) is 11.4 Å². The maximum absolute atomic E-state index is 12.5. The molecule has 0 aromatic heterocycles. The molecule has 0 saturated carbocycles. The molecule has 6 heteroatoms. The Bertz CT molecular complexity index is 806. The van der Waals surface area contributed by atoms with E-state index in [1.807, 2.05) is 26.1 Å². The third-order valence-electron chi connectivity index (χ3n) is 4.42. The Morgan fingerprint density at radius 3 is 2.32 bits per heavy atom. The van der Waals surface area contributed by atoms with Crippen molar-refractivity contribution >= 4 is 34.8 Å². The van der Waals surface area contributed by atoms with Crippen LogP contribution in [0.15, 0.2) is 42.5 Å². The lowest BCUT2D eigenvalue weighted by atomic mass is 10.1. The van der Waals surface area contributed by atoms with E-state index in [4.69, 9.17) is 11.6 Å². The molecule has 0 radical (unpaired) electrons. The zero-order valence-corrected chi connectivity index (χ0v) is 17.5. The number of hydrogen-bond acceptors (Lipinski definition) is 3. The molecule has 0 spiro atoms. The van der Waals surface area contributed by atoms with Crippen LogP contribution in [0.3, 0.4) is 0 Å². The number of unbranched alkanes of at least 4 members (excludes halogenated alkanes) is 1. The number of nitrogens with one attached hydrogen (secondary N) is 2. The summed E-state index contributed by atoms with van der Waals surface area (Å²) in [7, 11) is 2.05. The molecule has 150 valence electrons. The van der Waals surface area contributed by atoms with Gasteiger partial charge in [0.15, 0.2) is 0 Å². The first-order chi connectivity index (χ1) is 13.5. The minimum absolute atomic E-state index is 0.215. The van der Waals surface area contributed by atoms with Crippen molar-refractivity contribution in [3.8, 4) is 0 Å². The van der Waals surface area contributed by atoms with E-state index in [1.54, 1.807) is 30.3 Å². The van der Waals surface area contributed by atoms with Crippen molar-refractivity contribution in [1.29, 1.82) is 0 Å². The van der Waals surface area contributed by atoms with Crippen LogP contribution in [0.5, 0.6) is 0 Å². The molecule has 2 amide bonds. The van der Waals surface area contributed by atoms with E-state index in [0.29, 0.717) is 28.4 Å². The van der Waals surface area contributed by atoms with Crippen molar-refractivity contribution in [2.45, 2.75) is 33.1 Å². The van der Waals surface area contributed by atoms with Crippen LogP contribution in [-0.4, -0.2) is 32.0 Å². The zero-order valence-electron chi connectivity index (χ0n) is 16.7. The lowest BCUT2D eigenvalue weighted by Gasteiger charge is -2.19. The summed E-state index contributed by atoms with van der Waals surface area (Å²) in [4.78, 5) is 26.7. The van der Waals surface area contributed by atoms with Gasteiger partial charge in [-0.15, -0.1) is 0 Å². The molecule has 0 saturated heterocycles. The third-order valence-corrected chi connectivity index (χ3v) is 4.74. The molecule has 0 aliphatic heterocycles. The molecular weight excluding hydrogens is 374 g/mol. The Morgan fingerprint density at radius 2 is 1.71 bits per heavy atom. The first-order valence-electron chi connectivity index (χ1n) is 9.66. The smallest absolute Gasteiger partial charge is 0.255 e. The molecule has 0 aliphatic rings. The topological polar surface area (TPSA) is 61.4 Å². The van der Waals surface area contributed by atoms with Gasteiger partial charge in [-0.25, -0.2) is 0 Å². The fourth-order valence-electron chi connectivity index (χ4n) is 2.71. The van der Waals surface area contributed by atoms with Crippen molar-refractivity contribution in [2.75, 3.05) is 30.4 Å². The van der Waals surface area contributed by atoms with Crippen molar-refractivity contribution in [2.24, 2.45) is 0 Å². The number of benzene rings is 2. The number of carbonyl (C=O) groups excluding carboxylic acids is 2. The van der Waals surface area contributed by atoms with Gasteiger partial charge in [0.25, 0.3) is 11.8 Å². The van der Waals surface area contributed by atoms with Gasteiger partial charge in [-0.3, -0.25) is 9.59 Å². The van der Waals surface area contributed by atoms with Crippen molar-refractivity contribution in [1.82, 2.24) is 5.32 Å². The number of hydrogen-bond donors (Lipinski definition) is 2. The second-order valence-corrected chi connectivity index (χ2v) is 7.13. The first-order valence-corrected chi connectivity index (χ1v) is 10.0. The SMILES string of the molecule is CCCCN(C)c1ccc(C(=O)Nc2ccc(C(=O)NCCC)c(Cl)c2)cc1. The van der Waals surface area contributed by atoms with Crippen LogP contribution < -0.4 is 15.5 Å². The standard InChI is InChI=1S/C22H28ClN3O2/c1-4-6-14-26(3)18-10-7-16(8-11-18)21(27)25-17-9-12-19(20(23)15-17)22(28)24-13-5-2/h7-12,15H,4-6,13-14H2,1-3H3,(H,24,28)(H,25,27). The van der Waals surface area contributed by atoms with Crippen LogP contribution in [0, 0.1) is 0 Å². The zero-order chi connectivity index (χ0) is 20.5. The highest BCUT2D eigenvalue weighted by Gasteiger charge is 2.12. The van der Waals surface area contributed by atoms with Crippen LogP contribution in [0.2, 0.25) is 5.02 Å². The van der Waals surface area contributed by atoms with Crippen molar-refractivity contribution < 1.29 is 9.59 Å². The Kier molecular flexibility index (Phi) is 8.33. The predicted octanol–water partition coefficient (Wildman–Crippen LogP) is 4.97. The van der Waals surface area contributed by atoms with Gasteiger partial charge in [0, 0.05) is 37.1 Å². The highest BCUT2D eigenvalue weighted by atomic mass is 35.5. The van der Waals surface area contributed by atoms with Crippen molar-refractivity contribution in [3.63, 3.8) is 0 Å².